The molecule has 0 aromatic carbocycles. The molecule has 0 spiro atoms. The first-order chi connectivity index (χ1) is 8.20. The summed E-state index contributed by atoms with van der Waals surface area (Å²) in [6, 6.07) is 3.89. The Morgan fingerprint density at radius 2 is 2.35 bits per heavy atom. The lowest BCUT2D eigenvalue weighted by atomic mass is 10.2. The van der Waals surface area contributed by atoms with E-state index in [1.165, 1.54) is 11.3 Å². The summed E-state index contributed by atoms with van der Waals surface area (Å²) in [5.74, 6) is -0.435. The minimum Gasteiger partial charge on any atom is -0.366 e. The molecule has 2 heterocycles. The summed E-state index contributed by atoms with van der Waals surface area (Å²) < 4.78 is 0. The molecular formula is C12H12N2OS2. The number of carbonyl (C=O) groups excluding carboxylic acids is 1. The number of thiazole rings is 1. The number of nitrogens with two attached hydrogens (primary N) is 1. The number of carbonyl (C=O) groups is 1. The molecule has 2 aromatic rings. The van der Waals surface area contributed by atoms with Crippen molar-refractivity contribution in [2.45, 2.75) is 13.3 Å². The zero-order valence-corrected chi connectivity index (χ0v) is 11.0. The molecule has 0 aliphatic carbocycles. The molecule has 3 nitrogen and oxygen atoms in total. The number of rotatable bonds is 4. The van der Waals surface area contributed by atoms with Crippen molar-refractivity contribution in [2.24, 2.45) is 5.73 Å². The summed E-state index contributed by atoms with van der Waals surface area (Å²) in [5, 5.41) is 4.62. The van der Waals surface area contributed by atoms with Crippen LogP contribution in [0.15, 0.2) is 22.9 Å². The molecule has 0 atom stereocenters. The van der Waals surface area contributed by atoms with E-state index in [2.05, 4.69) is 4.98 Å². The second-order valence-electron chi connectivity index (χ2n) is 3.44. The number of hydrogen-bond acceptors (Lipinski definition) is 4. The molecular weight excluding hydrogens is 252 g/mol. The van der Waals surface area contributed by atoms with Gasteiger partial charge in [0.2, 0.25) is 0 Å². The molecule has 0 saturated carbocycles. The summed E-state index contributed by atoms with van der Waals surface area (Å²) >= 11 is 3.03. The summed E-state index contributed by atoms with van der Waals surface area (Å²) in [4.78, 5) is 16.8. The molecule has 0 unspecified atom stereocenters. The van der Waals surface area contributed by atoms with Crippen LogP contribution in [0.4, 0.5) is 0 Å². The van der Waals surface area contributed by atoms with Gasteiger partial charge in [-0.2, -0.15) is 0 Å². The van der Waals surface area contributed by atoms with E-state index in [9.17, 15) is 4.79 Å². The maximum atomic E-state index is 11.4. The fraction of sp³-hybridized carbons (Fsp3) is 0.167. The topological polar surface area (TPSA) is 56.0 Å². The number of aryl methyl sites for hydroxylation is 1. The third-order valence-corrected chi connectivity index (χ3v) is 3.98. The van der Waals surface area contributed by atoms with Crippen LogP contribution in [0.1, 0.15) is 22.5 Å². The van der Waals surface area contributed by atoms with E-state index < -0.39 is 5.91 Å². The fourth-order valence-corrected chi connectivity index (χ4v) is 2.93. The van der Waals surface area contributed by atoms with Crippen LogP contribution >= 0.6 is 22.7 Å². The highest BCUT2D eigenvalue weighted by Crippen LogP contribution is 2.23. The monoisotopic (exact) mass is 264 g/mol. The zero-order chi connectivity index (χ0) is 12.3. The SMILES string of the molecule is CCc1csc(C(=Cc2cccs2)C(N)=O)n1. The van der Waals surface area contributed by atoms with Crippen LogP contribution in [0.25, 0.3) is 11.6 Å². The van der Waals surface area contributed by atoms with Crippen LogP contribution in [0, 0.1) is 0 Å². The van der Waals surface area contributed by atoms with Gasteiger partial charge >= 0.3 is 0 Å². The summed E-state index contributed by atoms with van der Waals surface area (Å²) in [5.41, 5.74) is 6.87. The van der Waals surface area contributed by atoms with Gasteiger partial charge in [-0.05, 0) is 23.9 Å². The molecule has 5 heteroatoms. The number of thiophene rings is 1. The molecule has 1 amide bonds. The molecule has 0 aliphatic rings. The number of hydrogen-bond donors (Lipinski definition) is 1. The van der Waals surface area contributed by atoms with E-state index >= 15 is 0 Å². The third-order valence-electron chi connectivity index (χ3n) is 2.24. The zero-order valence-electron chi connectivity index (χ0n) is 9.34. The van der Waals surface area contributed by atoms with Gasteiger partial charge in [-0.1, -0.05) is 13.0 Å². The standard InChI is InChI=1S/C12H12N2OS2/c1-2-8-7-17-12(14-8)10(11(13)15)6-9-4-3-5-16-9/h3-7H,2H2,1H3,(H2,13,15). The predicted molar refractivity (Wildman–Crippen MR) is 72.9 cm³/mol. The summed E-state index contributed by atoms with van der Waals surface area (Å²) in [6.45, 7) is 2.03. The summed E-state index contributed by atoms with van der Waals surface area (Å²) in [7, 11) is 0. The van der Waals surface area contributed by atoms with Crippen molar-refractivity contribution in [1.29, 1.82) is 0 Å². The molecule has 0 fully saturated rings. The van der Waals surface area contributed by atoms with Gasteiger partial charge in [-0.15, -0.1) is 22.7 Å². The molecule has 0 saturated heterocycles. The highest BCUT2D eigenvalue weighted by molar-refractivity contribution is 7.12. The van der Waals surface area contributed by atoms with Crippen LogP contribution in [-0.4, -0.2) is 10.9 Å². The van der Waals surface area contributed by atoms with Crippen molar-refractivity contribution in [2.75, 3.05) is 0 Å². The van der Waals surface area contributed by atoms with Gasteiger partial charge < -0.3 is 5.73 Å². The van der Waals surface area contributed by atoms with Crippen molar-refractivity contribution >= 4 is 40.2 Å². The van der Waals surface area contributed by atoms with Crippen LogP contribution in [0.5, 0.6) is 0 Å². The maximum absolute atomic E-state index is 11.4. The molecule has 2 aromatic heterocycles. The lowest BCUT2D eigenvalue weighted by Gasteiger charge is -1.97. The van der Waals surface area contributed by atoms with E-state index in [0.29, 0.717) is 10.6 Å². The Morgan fingerprint density at radius 3 is 2.88 bits per heavy atom. The molecule has 17 heavy (non-hydrogen) atoms. The van der Waals surface area contributed by atoms with E-state index in [-0.39, 0.29) is 0 Å². The Hall–Kier alpha value is -1.46. The van der Waals surface area contributed by atoms with Crippen molar-refractivity contribution in [3.8, 4) is 0 Å². The van der Waals surface area contributed by atoms with Gasteiger partial charge in [0, 0.05) is 10.3 Å². The minimum absolute atomic E-state index is 0.435. The van der Waals surface area contributed by atoms with Crippen LogP contribution in [-0.2, 0) is 11.2 Å². The predicted octanol–water partition coefficient (Wildman–Crippen LogP) is 2.79. The van der Waals surface area contributed by atoms with Crippen LogP contribution in [0.3, 0.4) is 0 Å². The van der Waals surface area contributed by atoms with E-state index in [4.69, 9.17) is 5.73 Å². The number of aromatic nitrogens is 1. The smallest absolute Gasteiger partial charge is 0.251 e. The molecule has 2 rings (SSSR count). The van der Waals surface area contributed by atoms with Gasteiger partial charge in [0.15, 0.2) is 0 Å². The molecule has 0 aliphatic heterocycles. The first-order valence-electron chi connectivity index (χ1n) is 5.20. The van der Waals surface area contributed by atoms with Gasteiger partial charge in [-0.3, -0.25) is 4.79 Å². The van der Waals surface area contributed by atoms with E-state index in [1.54, 1.807) is 17.4 Å². The Labute approximate surface area is 108 Å². The lowest BCUT2D eigenvalue weighted by molar-refractivity contribution is -0.112. The first kappa shape index (κ1) is 12.0. The van der Waals surface area contributed by atoms with Crippen LogP contribution in [0.2, 0.25) is 0 Å². The Balaban J connectivity index is 2.39. The largest absolute Gasteiger partial charge is 0.366 e. The molecule has 88 valence electrons. The van der Waals surface area contributed by atoms with E-state index in [1.807, 2.05) is 29.8 Å². The van der Waals surface area contributed by atoms with Gasteiger partial charge in [0.05, 0.1) is 11.3 Å². The molecule has 0 radical (unpaired) electrons. The van der Waals surface area contributed by atoms with Crippen molar-refractivity contribution < 1.29 is 4.79 Å². The highest BCUT2D eigenvalue weighted by atomic mass is 32.1. The maximum Gasteiger partial charge on any atom is 0.251 e. The normalized spacial score (nSPS) is 11.7. The number of amides is 1. The average Bonchev–Trinajstić information content (AvgIpc) is 2.96. The first-order valence-corrected chi connectivity index (χ1v) is 6.96. The van der Waals surface area contributed by atoms with Gasteiger partial charge in [-0.25, -0.2) is 4.98 Å². The highest BCUT2D eigenvalue weighted by Gasteiger charge is 2.12. The van der Waals surface area contributed by atoms with Crippen molar-refractivity contribution in [3.05, 3.63) is 38.5 Å². The second-order valence-corrected chi connectivity index (χ2v) is 5.27. The van der Waals surface area contributed by atoms with Crippen molar-refractivity contribution in [3.63, 3.8) is 0 Å². The van der Waals surface area contributed by atoms with Gasteiger partial charge in [0.1, 0.15) is 5.01 Å². The molecule has 0 bridgehead atoms. The van der Waals surface area contributed by atoms with Crippen LogP contribution < -0.4 is 5.73 Å². The quantitative estimate of drug-likeness (QED) is 0.863. The van der Waals surface area contributed by atoms with Crippen molar-refractivity contribution in [1.82, 2.24) is 4.98 Å². The Kier molecular flexibility index (Phi) is 3.71. The fourth-order valence-electron chi connectivity index (χ4n) is 1.35. The lowest BCUT2D eigenvalue weighted by Crippen LogP contribution is -2.12. The minimum atomic E-state index is -0.435. The van der Waals surface area contributed by atoms with E-state index in [0.717, 1.165) is 17.0 Å². The number of primary amides is 1. The Bertz CT molecular complexity index is 541. The van der Waals surface area contributed by atoms with Gasteiger partial charge in [0.25, 0.3) is 5.91 Å². The second kappa shape index (κ2) is 5.25. The number of nitrogens with zero attached hydrogens (tertiary/aromatic N) is 1. The Morgan fingerprint density at radius 1 is 1.53 bits per heavy atom. The average molecular weight is 264 g/mol. The summed E-state index contributed by atoms with van der Waals surface area (Å²) in [6.07, 6.45) is 2.66. The third kappa shape index (κ3) is 2.81. The molecule has 2 N–H and O–H groups in total.